The average Bonchev–Trinajstić information content (AvgIpc) is 2.54. The van der Waals surface area contributed by atoms with E-state index in [1.165, 1.54) is 57.8 Å². The van der Waals surface area contributed by atoms with E-state index in [1.807, 2.05) is 12.1 Å². The Morgan fingerprint density at radius 1 is 0.957 bits per heavy atom. The molecule has 3 nitrogen and oxygen atoms in total. The van der Waals surface area contributed by atoms with Crippen LogP contribution in [0.15, 0.2) is 24.3 Å². The quantitative estimate of drug-likeness (QED) is 0.174. The van der Waals surface area contributed by atoms with E-state index >= 15 is 0 Å². The minimum absolute atomic E-state index is 0.126. The van der Waals surface area contributed by atoms with Crippen LogP contribution < -0.4 is 0 Å². The Bertz CT molecular complexity index is 434. The van der Waals surface area contributed by atoms with E-state index < -0.39 is 0 Å². The van der Waals surface area contributed by atoms with Gasteiger partial charge in [0, 0.05) is 17.5 Å². The minimum Gasteiger partial charge on any atom is -0.258 e. The predicted molar refractivity (Wildman–Crippen MR) is 98.3 cm³/mol. The van der Waals surface area contributed by atoms with Crippen LogP contribution >= 0.6 is 11.6 Å². The molecule has 1 aromatic carbocycles. The molecule has 130 valence electrons. The first kappa shape index (κ1) is 20.0. The minimum atomic E-state index is -0.371. The topological polar surface area (TPSA) is 43.1 Å². The molecule has 1 unspecified atom stereocenters. The van der Waals surface area contributed by atoms with Gasteiger partial charge in [-0.15, -0.1) is 11.6 Å². The number of nitrogens with zero attached hydrogens (tertiary/aromatic N) is 1. The summed E-state index contributed by atoms with van der Waals surface area (Å²) < 4.78 is 0. The highest BCUT2D eigenvalue weighted by Crippen LogP contribution is 2.18. The number of halogens is 1. The van der Waals surface area contributed by atoms with Crippen molar-refractivity contribution in [1.29, 1.82) is 0 Å². The lowest BCUT2D eigenvalue weighted by Crippen LogP contribution is -2.03. The van der Waals surface area contributed by atoms with Crippen molar-refractivity contribution in [2.75, 3.05) is 0 Å². The molecule has 0 aliphatic rings. The lowest BCUT2D eigenvalue weighted by Gasteiger charge is -2.09. The molecule has 0 saturated heterocycles. The van der Waals surface area contributed by atoms with Crippen molar-refractivity contribution >= 4 is 17.3 Å². The fourth-order valence-corrected chi connectivity index (χ4v) is 3.12. The zero-order chi connectivity index (χ0) is 16.9. The Kier molecular flexibility index (Phi) is 10.7. The van der Waals surface area contributed by atoms with Gasteiger partial charge in [-0.3, -0.25) is 10.1 Å². The summed E-state index contributed by atoms with van der Waals surface area (Å²) in [5.41, 5.74) is 1.21. The summed E-state index contributed by atoms with van der Waals surface area (Å²) in [6.07, 6.45) is 13.7. The molecule has 0 amide bonds. The molecule has 0 aliphatic carbocycles. The maximum Gasteiger partial charge on any atom is 0.269 e. The van der Waals surface area contributed by atoms with Gasteiger partial charge in [-0.25, -0.2) is 0 Å². The van der Waals surface area contributed by atoms with Crippen LogP contribution in [0.3, 0.4) is 0 Å². The SMILES string of the molecule is CCCCCCCCCCCC(Cl)Cc1ccc([N+](=O)[O-])cc1. The van der Waals surface area contributed by atoms with Crippen molar-refractivity contribution in [2.45, 2.75) is 82.9 Å². The van der Waals surface area contributed by atoms with Crippen molar-refractivity contribution in [3.05, 3.63) is 39.9 Å². The molecule has 0 N–H and O–H groups in total. The van der Waals surface area contributed by atoms with Crippen LogP contribution in [0.5, 0.6) is 0 Å². The Balaban J connectivity index is 2.06. The van der Waals surface area contributed by atoms with Crippen LogP contribution in [0.2, 0.25) is 0 Å². The first-order chi connectivity index (χ1) is 11.1. The van der Waals surface area contributed by atoms with Gasteiger partial charge < -0.3 is 0 Å². The molecule has 0 fully saturated rings. The number of alkyl halides is 1. The zero-order valence-corrected chi connectivity index (χ0v) is 15.1. The number of unbranched alkanes of at least 4 members (excludes halogenated alkanes) is 8. The number of nitro groups is 1. The summed E-state index contributed by atoms with van der Waals surface area (Å²) in [6.45, 7) is 2.25. The van der Waals surface area contributed by atoms with E-state index in [-0.39, 0.29) is 16.0 Å². The molecule has 0 radical (unpaired) electrons. The highest BCUT2D eigenvalue weighted by atomic mass is 35.5. The molecule has 0 bridgehead atoms. The largest absolute Gasteiger partial charge is 0.269 e. The summed E-state index contributed by atoms with van der Waals surface area (Å²) in [4.78, 5) is 10.2. The van der Waals surface area contributed by atoms with E-state index in [2.05, 4.69) is 6.92 Å². The third-order valence-electron chi connectivity index (χ3n) is 4.23. The normalized spacial score (nSPS) is 12.3. The zero-order valence-electron chi connectivity index (χ0n) is 14.3. The highest BCUT2D eigenvalue weighted by Gasteiger charge is 2.08. The fourth-order valence-electron chi connectivity index (χ4n) is 2.79. The summed E-state index contributed by atoms with van der Waals surface area (Å²) >= 11 is 6.38. The molecule has 4 heteroatoms. The summed E-state index contributed by atoms with van der Waals surface area (Å²) in [7, 11) is 0. The third kappa shape index (κ3) is 9.60. The van der Waals surface area contributed by atoms with Crippen molar-refractivity contribution in [2.24, 2.45) is 0 Å². The first-order valence-corrected chi connectivity index (χ1v) is 9.44. The summed E-state index contributed by atoms with van der Waals surface area (Å²) in [6, 6.07) is 6.72. The second-order valence-corrected chi connectivity index (χ2v) is 6.96. The second-order valence-electron chi connectivity index (χ2n) is 6.34. The van der Waals surface area contributed by atoms with E-state index in [1.54, 1.807) is 12.1 Å². The molecule has 23 heavy (non-hydrogen) atoms. The predicted octanol–water partition coefficient (Wildman–Crippen LogP) is 6.67. The molecule has 0 heterocycles. The number of rotatable bonds is 13. The van der Waals surface area contributed by atoms with Crippen LogP contribution in [0.1, 0.15) is 76.7 Å². The van der Waals surface area contributed by atoms with Gasteiger partial charge in [0.15, 0.2) is 0 Å². The van der Waals surface area contributed by atoms with Gasteiger partial charge in [0.25, 0.3) is 5.69 Å². The van der Waals surface area contributed by atoms with Gasteiger partial charge in [-0.05, 0) is 18.4 Å². The van der Waals surface area contributed by atoms with Crippen molar-refractivity contribution < 1.29 is 4.92 Å². The number of hydrogen-bond acceptors (Lipinski definition) is 2. The van der Waals surface area contributed by atoms with Crippen LogP contribution in [0, 0.1) is 10.1 Å². The number of nitro benzene ring substituents is 1. The van der Waals surface area contributed by atoms with Crippen molar-refractivity contribution in [1.82, 2.24) is 0 Å². The molecular weight excluding hydrogens is 310 g/mol. The Morgan fingerprint density at radius 3 is 2.00 bits per heavy atom. The molecule has 0 spiro atoms. The Morgan fingerprint density at radius 2 is 1.48 bits per heavy atom. The molecule has 1 atom stereocenters. The fraction of sp³-hybridized carbons (Fsp3) is 0.684. The monoisotopic (exact) mass is 339 g/mol. The molecule has 1 rings (SSSR count). The smallest absolute Gasteiger partial charge is 0.258 e. The molecule has 0 saturated carbocycles. The van der Waals surface area contributed by atoms with Gasteiger partial charge in [0.05, 0.1) is 4.92 Å². The number of hydrogen-bond donors (Lipinski definition) is 0. The van der Waals surface area contributed by atoms with E-state index in [0.29, 0.717) is 0 Å². The van der Waals surface area contributed by atoms with Crippen molar-refractivity contribution in [3.63, 3.8) is 0 Å². The third-order valence-corrected chi connectivity index (χ3v) is 4.60. The van der Waals surface area contributed by atoms with E-state index in [9.17, 15) is 10.1 Å². The molecule has 0 aromatic heterocycles. The Labute approximate surface area is 145 Å². The van der Waals surface area contributed by atoms with E-state index in [0.717, 1.165) is 18.4 Å². The number of benzene rings is 1. The van der Waals surface area contributed by atoms with Crippen LogP contribution in [0.25, 0.3) is 0 Å². The second kappa shape index (κ2) is 12.3. The van der Waals surface area contributed by atoms with Gasteiger partial charge >= 0.3 is 0 Å². The lowest BCUT2D eigenvalue weighted by molar-refractivity contribution is -0.384. The lowest BCUT2D eigenvalue weighted by atomic mass is 10.0. The summed E-state index contributed by atoms with van der Waals surface area (Å²) in [5.74, 6) is 0. The van der Waals surface area contributed by atoms with Gasteiger partial charge in [-0.1, -0.05) is 76.8 Å². The highest BCUT2D eigenvalue weighted by molar-refractivity contribution is 6.20. The van der Waals surface area contributed by atoms with Crippen LogP contribution in [-0.2, 0) is 6.42 Å². The average molecular weight is 340 g/mol. The van der Waals surface area contributed by atoms with Crippen molar-refractivity contribution in [3.8, 4) is 0 Å². The molecular formula is C19H30ClNO2. The first-order valence-electron chi connectivity index (χ1n) is 9.01. The van der Waals surface area contributed by atoms with Gasteiger partial charge in [0.1, 0.15) is 0 Å². The number of non-ortho nitro benzene ring substituents is 1. The van der Waals surface area contributed by atoms with Gasteiger partial charge in [-0.2, -0.15) is 0 Å². The summed E-state index contributed by atoms with van der Waals surface area (Å²) in [5, 5.41) is 10.7. The standard InChI is InChI=1S/C19H30ClNO2/c1-2-3-4-5-6-7-8-9-10-11-18(20)16-17-12-14-19(15-13-17)21(22)23/h12-15,18H,2-11,16H2,1H3. The molecule has 1 aromatic rings. The molecule has 0 aliphatic heterocycles. The van der Waals surface area contributed by atoms with E-state index in [4.69, 9.17) is 11.6 Å². The maximum absolute atomic E-state index is 10.6. The van der Waals surface area contributed by atoms with Crippen LogP contribution in [0.4, 0.5) is 5.69 Å². The van der Waals surface area contributed by atoms with Gasteiger partial charge in [0.2, 0.25) is 0 Å². The maximum atomic E-state index is 10.6. The Hall–Kier alpha value is -1.09. The van der Waals surface area contributed by atoms with Crippen LogP contribution in [-0.4, -0.2) is 10.3 Å².